The molecule has 0 fully saturated rings. The topological polar surface area (TPSA) is 70.2 Å². The molecule has 2 rings (SSSR count). The Kier molecular flexibility index (Phi) is 6.68. The molecule has 0 bridgehead atoms. The Labute approximate surface area is 156 Å². The molecule has 128 valence electrons. The summed E-state index contributed by atoms with van der Waals surface area (Å²) in [5, 5.41) is 2.96. The van der Waals surface area contributed by atoms with Crippen LogP contribution in [-0.4, -0.2) is 16.9 Å². The third-order valence-corrected chi connectivity index (χ3v) is 3.59. The maximum absolute atomic E-state index is 11.9. The molecule has 0 aliphatic heterocycles. The first-order valence-corrected chi connectivity index (χ1v) is 8.14. The van der Waals surface area contributed by atoms with Crippen molar-refractivity contribution < 1.29 is 9.59 Å². The number of hydrazine groups is 1. The first-order chi connectivity index (χ1) is 11.9. The number of aryl methyl sites for hydroxylation is 1. The number of amides is 2. The molecular formula is C18H16ClN3O2S. The number of hydrogen-bond acceptors (Lipinski definition) is 3. The Morgan fingerprint density at radius 1 is 1.00 bits per heavy atom. The number of nitrogens with one attached hydrogen (secondary N) is 3. The van der Waals surface area contributed by atoms with Crippen molar-refractivity contribution in [3.8, 4) is 0 Å². The first-order valence-electron chi connectivity index (χ1n) is 7.35. The van der Waals surface area contributed by atoms with Crippen molar-refractivity contribution in [1.29, 1.82) is 0 Å². The molecule has 0 aliphatic carbocycles. The van der Waals surface area contributed by atoms with Gasteiger partial charge in [0.2, 0.25) is 5.91 Å². The highest BCUT2D eigenvalue weighted by atomic mass is 35.5. The van der Waals surface area contributed by atoms with Gasteiger partial charge in [0.1, 0.15) is 0 Å². The lowest BCUT2D eigenvalue weighted by molar-refractivity contribution is -0.115. The number of halogens is 1. The van der Waals surface area contributed by atoms with Crippen molar-refractivity contribution in [3.63, 3.8) is 0 Å². The first kappa shape index (κ1) is 18.6. The summed E-state index contributed by atoms with van der Waals surface area (Å²) in [5.41, 5.74) is 7.31. The normalized spacial score (nSPS) is 10.3. The number of rotatable bonds is 3. The van der Waals surface area contributed by atoms with E-state index >= 15 is 0 Å². The lowest BCUT2D eigenvalue weighted by atomic mass is 10.1. The van der Waals surface area contributed by atoms with Gasteiger partial charge in [-0.05, 0) is 55.0 Å². The summed E-state index contributed by atoms with van der Waals surface area (Å²) in [5.74, 6) is -0.803. The van der Waals surface area contributed by atoms with Crippen LogP contribution in [0.5, 0.6) is 0 Å². The van der Waals surface area contributed by atoms with Gasteiger partial charge >= 0.3 is 0 Å². The zero-order valence-electron chi connectivity index (χ0n) is 13.4. The van der Waals surface area contributed by atoms with Crippen molar-refractivity contribution in [2.24, 2.45) is 0 Å². The van der Waals surface area contributed by atoms with Crippen LogP contribution in [0, 0.1) is 6.92 Å². The van der Waals surface area contributed by atoms with Crippen LogP contribution in [-0.2, 0) is 4.79 Å². The van der Waals surface area contributed by atoms with Crippen molar-refractivity contribution >= 4 is 46.8 Å². The Bertz CT molecular complexity index is 802. The van der Waals surface area contributed by atoms with Gasteiger partial charge in [-0.3, -0.25) is 25.8 Å². The summed E-state index contributed by atoms with van der Waals surface area (Å²) < 4.78 is 0. The van der Waals surface area contributed by atoms with Crippen LogP contribution >= 0.6 is 23.8 Å². The zero-order valence-corrected chi connectivity index (χ0v) is 14.9. The van der Waals surface area contributed by atoms with Gasteiger partial charge in [0.15, 0.2) is 5.11 Å². The predicted molar refractivity (Wildman–Crippen MR) is 103 cm³/mol. The Balaban J connectivity index is 1.79. The fourth-order valence-corrected chi connectivity index (χ4v) is 2.10. The molecule has 0 spiro atoms. The van der Waals surface area contributed by atoms with Crippen molar-refractivity contribution in [1.82, 2.24) is 16.2 Å². The van der Waals surface area contributed by atoms with Crippen molar-refractivity contribution in [3.05, 3.63) is 76.3 Å². The summed E-state index contributed by atoms with van der Waals surface area (Å²) >= 11 is 10.7. The molecule has 25 heavy (non-hydrogen) atoms. The second kappa shape index (κ2) is 8.96. The molecule has 0 aromatic heterocycles. The Morgan fingerprint density at radius 3 is 2.28 bits per heavy atom. The number of thiocarbonyl (C=S) groups is 1. The minimum Gasteiger partial charge on any atom is -0.298 e. The number of hydrogen-bond donors (Lipinski definition) is 3. The molecular weight excluding hydrogens is 358 g/mol. The van der Waals surface area contributed by atoms with Crippen LogP contribution in [0.3, 0.4) is 0 Å². The molecule has 2 aromatic carbocycles. The van der Waals surface area contributed by atoms with Gasteiger partial charge < -0.3 is 0 Å². The van der Waals surface area contributed by atoms with E-state index in [0.29, 0.717) is 10.6 Å². The molecule has 0 atom stereocenters. The van der Waals surface area contributed by atoms with Crippen molar-refractivity contribution in [2.75, 3.05) is 0 Å². The van der Waals surface area contributed by atoms with E-state index in [1.807, 2.05) is 31.2 Å². The molecule has 0 saturated heterocycles. The quantitative estimate of drug-likeness (QED) is 0.439. The van der Waals surface area contributed by atoms with E-state index in [1.54, 1.807) is 30.3 Å². The third-order valence-electron chi connectivity index (χ3n) is 3.14. The van der Waals surface area contributed by atoms with Crippen molar-refractivity contribution in [2.45, 2.75) is 6.92 Å². The predicted octanol–water partition coefficient (Wildman–Crippen LogP) is 3.00. The van der Waals surface area contributed by atoms with E-state index in [0.717, 1.165) is 11.1 Å². The molecule has 0 aliphatic rings. The fraction of sp³-hybridized carbons (Fsp3) is 0.0556. The standard InChI is InChI=1S/C18H16ClN3O2S/c1-12-2-4-13(5-3-12)6-11-16(23)20-18(25)22-21-17(24)14-7-9-15(19)10-8-14/h2-11H,1H3,(H,21,24)(H2,20,22,23,25). The monoisotopic (exact) mass is 373 g/mol. The van der Waals surface area contributed by atoms with E-state index in [9.17, 15) is 9.59 Å². The third kappa shape index (κ3) is 6.37. The lowest BCUT2D eigenvalue weighted by Gasteiger charge is -2.09. The van der Waals surface area contributed by atoms with Gasteiger partial charge in [-0.2, -0.15) is 0 Å². The van der Waals surface area contributed by atoms with Gasteiger partial charge in [-0.25, -0.2) is 0 Å². The molecule has 0 radical (unpaired) electrons. The minimum atomic E-state index is -0.404. The summed E-state index contributed by atoms with van der Waals surface area (Å²) in [6, 6.07) is 14.1. The molecule has 0 unspecified atom stereocenters. The van der Waals surface area contributed by atoms with Crippen LogP contribution in [0.2, 0.25) is 5.02 Å². The second-order valence-electron chi connectivity index (χ2n) is 5.15. The minimum absolute atomic E-state index is 0.0131. The summed E-state index contributed by atoms with van der Waals surface area (Å²) in [7, 11) is 0. The highest BCUT2D eigenvalue weighted by Gasteiger charge is 2.06. The molecule has 7 heteroatoms. The summed E-state index contributed by atoms with van der Waals surface area (Å²) in [4.78, 5) is 23.7. The fourth-order valence-electron chi connectivity index (χ4n) is 1.82. The van der Waals surface area contributed by atoms with E-state index in [1.165, 1.54) is 6.08 Å². The van der Waals surface area contributed by atoms with E-state index in [-0.39, 0.29) is 5.11 Å². The van der Waals surface area contributed by atoms with Crippen LogP contribution in [0.25, 0.3) is 6.08 Å². The number of carbonyl (C=O) groups excluding carboxylic acids is 2. The van der Waals surface area contributed by atoms with Crippen LogP contribution in [0.1, 0.15) is 21.5 Å². The summed E-state index contributed by atoms with van der Waals surface area (Å²) in [6.45, 7) is 1.99. The average molecular weight is 374 g/mol. The zero-order chi connectivity index (χ0) is 18.2. The van der Waals surface area contributed by atoms with Crippen LogP contribution in [0.15, 0.2) is 54.6 Å². The molecule has 0 saturated carbocycles. The summed E-state index contributed by atoms with van der Waals surface area (Å²) in [6.07, 6.45) is 3.03. The molecule has 5 nitrogen and oxygen atoms in total. The molecule has 2 amide bonds. The maximum atomic E-state index is 11.9. The SMILES string of the molecule is Cc1ccc(C=CC(=O)NC(=S)NNC(=O)c2ccc(Cl)cc2)cc1. The largest absolute Gasteiger partial charge is 0.298 e. The van der Waals surface area contributed by atoms with Gasteiger partial charge in [0, 0.05) is 16.7 Å². The van der Waals surface area contributed by atoms with E-state index in [4.69, 9.17) is 23.8 Å². The highest BCUT2D eigenvalue weighted by Crippen LogP contribution is 2.09. The van der Waals surface area contributed by atoms with Crippen LogP contribution in [0.4, 0.5) is 0 Å². The maximum Gasteiger partial charge on any atom is 0.269 e. The van der Waals surface area contributed by atoms with E-state index in [2.05, 4.69) is 16.2 Å². The average Bonchev–Trinajstić information content (AvgIpc) is 2.60. The van der Waals surface area contributed by atoms with Gasteiger partial charge in [-0.15, -0.1) is 0 Å². The molecule has 2 aromatic rings. The molecule has 0 heterocycles. The van der Waals surface area contributed by atoms with Gasteiger partial charge in [0.05, 0.1) is 0 Å². The second-order valence-corrected chi connectivity index (χ2v) is 5.99. The lowest BCUT2D eigenvalue weighted by Crippen LogP contribution is -2.48. The highest BCUT2D eigenvalue weighted by molar-refractivity contribution is 7.80. The Morgan fingerprint density at radius 2 is 1.64 bits per heavy atom. The van der Waals surface area contributed by atoms with Gasteiger partial charge in [0.25, 0.3) is 5.91 Å². The number of carbonyl (C=O) groups is 2. The van der Waals surface area contributed by atoms with E-state index < -0.39 is 11.8 Å². The number of benzene rings is 2. The molecule has 3 N–H and O–H groups in total. The smallest absolute Gasteiger partial charge is 0.269 e. The van der Waals surface area contributed by atoms with Gasteiger partial charge in [-0.1, -0.05) is 41.4 Å². The van der Waals surface area contributed by atoms with Crippen LogP contribution < -0.4 is 16.2 Å². The Hall–Kier alpha value is -2.70.